The minimum absolute atomic E-state index is 0.00424. The quantitative estimate of drug-likeness (QED) is 0.836. The standard InChI is InChI=1S/C14H21N5O/c15-14(5-2-6-14)12(20)18-11-4-1-9-19(10-11)13-16-7-3-8-17-13/h3,7-8,11H,1-2,4-6,9-10,15H2,(H,18,20). The molecule has 1 aliphatic heterocycles. The van der Waals surface area contributed by atoms with Crippen LogP contribution in [0.15, 0.2) is 18.5 Å². The molecule has 1 aromatic rings. The summed E-state index contributed by atoms with van der Waals surface area (Å²) in [4.78, 5) is 22.8. The summed E-state index contributed by atoms with van der Waals surface area (Å²) in [7, 11) is 0. The first-order valence-corrected chi connectivity index (χ1v) is 7.29. The van der Waals surface area contributed by atoms with Crippen LogP contribution >= 0.6 is 0 Å². The van der Waals surface area contributed by atoms with Crippen molar-refractivity contribution in [2.75, 3.05) is 18.0 Å². The molecule has 1 unspecified atom stereocenters. The summed E-state index contributed by atoms with van der Waals surface area (Å²) in [6.07, 6.45) is 8.17. The van der Waals surface area contributed by atoms with Crippen LogP contribution < -0.4 is 16.0 Å². The third kappa shape index (κ3) is 2.60. The summed E-state index contributed by atoms with van der Waals surface area (Å²) < 4.78 is 0. The van der Waals surface area contributed by atoms with Crippen molar-refractivity contribution < 1.29 is 4.79 Å². The zero-order chi connectivity index (χ0) is 14.0. The highest BCUT2D eigenvalue weighted by molar-refractivity contribution is 5.87. The molecule has 3 N–H and O–H groups in total. The van der Waals surface area contributed by atoms with E-state index in [1.807, 2.05) is 6.07 Å². The van der Waals surface area contributed by atoms with Crippen LogP contribution in [0.1, 0.15) is 32.1 Å². The van der Waals surface area contributed by atoms with E-state index in [0.29, 0.717) is 0 Å². The van der Waals surface area contributed by atoms with Gasteiger partial charge in [0.15, 0.2) is 0 Å². The Morgan fingerprint density at radius 2 is 2.10 bits per heavy atom. The first-order valence-electron chi connectivity index (χ1n) is 7.29. The molecule has 2 aliphatic rings. The van der Waals surface area contributed by atoms with Gasteiger partial charge in [0, 0.05) is 31.5 Å². The van der Waals surface area contributed by atoms with Gasteiger partial charge in [-0.25, -0.2) is 9.97 Å². The van der Waals surface area contributed by atoms with Crippen LogP contribution in [-0.2, 0) is 4.79 Å². The third-order valence-corrected chi connectivity index (χ3v) is 4.29. The Labute approximate surface area is 118 Å². The predicted molar refractivity (Wildman–Crippen MR) is 76.2 cm³/mol. The number of hydrogen-bond donors (Lipinski definition) is 2. The van der Waals surface area contributed by atoms with Gasteiger partial charge in [-0.3, -0.25) is 4.79 Å². The maximum atomic E-state index is 12.2. The molecule has 0 aromatic carbocycles. The summed E-state index contributed by atoms with van der Waals surface area (Å²) >= 11 is 0. The lowest BCUT2D eigenvalue weighted by molar-refractivity contribution is -0.130. The number of nitrogens with one attached hydrogen (secondary N) is 1. The predicted octanol–water partition coefficient (Wildman–Crippen LogP) is 0.443. The summed E-state index contributed by atoms with van der Waals surface area (Å²) in [6, 6.07) is 1.95. The molecular weight excluding hydrogens is 254 g/mol. The van der Waals surface area contributed by atoms with Crippen molar-refractivity contribution >= 4 is 11.9 Å². The van der Waals surface area contributed by atoms with Crippen LogP contribution in [0.25, 0.3) is 0 Å². The van der Waals surface area contributed by atoms with Gasteiger partial charge in [-0.1, -0.05) is 0 Å². The molecule has 2 fully saturated rings. The fraction of sp³-hybridized carbons (Fsp3) is 0.643. The molecule has 6 heteroatoms. The van der Waals surface area contributed by atoms with Gasteiger partial charge in [0.1, 0.15) is 0 Å². The van der Waals surface area contributed by atoms with Crippen molar-refractivity contribution in [3.05, 3.63) is 18.5 Å². The van der Waals surface area contributed by atoms with E-state index in [1.54, 1.807) is 12.4 Å². The number of carbonyl (C=O) groups is 1. The summed E-state index contributed by atoms with van der Waals surface area (Å²) in [6.45, 7) is 1.69. The number of hydrogen-bond acceptors (Lipinski definition) is 5. The number of amides is 1. The molecule has 1 aromatic heterocycles. The molecule has 1 amide bonds. The molecule has 20 heavy (non-hydrogen) atoms. The maximum absolute atomic E-state index is 12.2. The molecule has 6 nitrogen and oxygen atoms in total. The fourth-order valence-corrected chi connectivity index (χ4v) is 2.84. The van der Waals surface area contributed by atoms with Gasteiger partial charge in [-0.15, -0.1) is 0 Å². The number of nitrogens with zero attached hydrogens (tertiary/aromatic N) is 3. The topological polar surface area (TPSA) is 84.1 Å². The fourth-order valence-electron chi connectivity index (χ4n) is 2.84. The molecule has 3 rings (SSSR count). The van der Waals surface area contributed by atoms with Crippen LogP contribution in [0.5, 0.6) is 0 Å². The summed E-state index contributed by atoms with van der Waals surface area (Å²) in [5.41, 5.74) is 5.44. The van der Waals surface area contributed by atoms with Gasteiger partial charge in [0.05, 0.1) is 5.54 Å². The zero-order valence-electron chi connectivity index (χ0n) is 11.6. The van der Waals surface area contributed by atoms with Gasteiger partial charge < -0.3 is 16.0 Å². The molecule has 108 valence electrons. The van der Waals surface area contributed by atoms with Crippen molar-refractivity contribution in [1.29, 1.82) is 0 Å². The number of nitrogens with two attached hydrogens (primary N) is 1. The first-order chi connectivity index (χ1) is 9.67. The second-order valence-corrected chi connectivity index (χ2v) is 5.82. The van der Waals surface area contributed by atoms with E-state index in [4.69, 9.17) is 5.73 Å². The Balaban J connectivity index is 1.59. The molecule has 2 heterocycles. The average molecular weight is 275 g/mol. The largest absolute Gasteiger partial charge is 0.350 e. The van der Waals surface area contributed by atoms with E-state index in [1.165, 1.54) is 0 Å². The van der Waals surface area contributed by atoms with E-state index in [9.17, 15) is 4.79 Å². The smallest absolute Gasteiger partial charge is 0.240 e. The van der Waals surface area contributed by atoms with Crippen molar-refractivity contribution in [2.45, 2.75) is 43.7 Å². The van der Waals surface area contributed by atoms with Crippen LogP contribution in [0.4, 0.5) is 5.95 Å². The lowest BCUT2D eigenvalue weighted by Crippen LogP contribution is -2.61. The Morgan fingerprint density at radius 1 is 1.35 bits per heavy atom. The molecule has 0 spiro atoms. The van der Waals surface area contributed by atoms with Crippen LogP contribution in [-0.4, -0.2) is 40.5 Å². The van der Waals surface area contributed by atoms with Crippen LogP contribution in [0, 0.1) is 0 Å². The highest BCUT2D eigenvalue weighted by atomic mass is 16.2. The highest BCUT2D eigenvalue weighted by Crippen LogP contribution is 2.29. The zero-order valence-corrected chi connectivity index (χ0v) is 11.6. The van der Waals surface area contributed by atoms with Gasteiger partial charge >= 0.3 is 0 Å². The van der Waals surface area contributed by atoms with E-state index in [-0.39, 0.29) is 11.9 Å². The van der Waals surface area contributed by atoms with Crippen molar-refractivity contribution in [3.63, 3.8) is 0 Å². The van der Waals surface area contributed by atoms with Gasteiger partial charge in [-0.2, -0.15) is 0 Å². The lowest BCUT2D eigenvalue weighted by Gasteiger charge is -2.39. The summed E-state index contributed by atoms with van der Waals surface area (Å²) in [5.74, 6) is 0.738. The van der Waals surface area contributed by atoms with Crippen molar-refractivity contribution in [3.8, 4) is 0 Å². The maximum Gasteiger partial charge on any atom is 0.240 e. The minimum Gasteiger partial charge on any atom is -0.350 e. The summed E-state index contributed by atoms with van der Waals surface area (Å²) in [5, 5.41) is 3.10. The van der Waals surface area contributed by atoms with E-state index in [0.717, 1.165) is 51.1 Å². The molecule has 1 saturated heterocycles. The van der Waals surface area contributed by atoms with E-state index >= 15 is 0 Å². The van der Waals surface area contributed by atoms with Gasteiger partial charge in [-0.05, 0) is 38.2 Å². The number of carbonyl (C=O) groups excluding carboxylic acids is 1. The number of rotatable bonds is 3. The minimum atomic E-state index is -0.620. The van der Waals surface area contributed by atoms with E-state index < -0.39 is 5.54 Å². The SMILES string of the molecule is NC1(C(=O)NC2CCCN(c3ncccn3)C2)CCC1. The molecule has 0 bridgehead atoms. The second-order valence-electron chi connectivity index (χ2n) is 5.82. The molecular formula is C14H21N5O. The lowest BCUT2D eigenvalue weighted by atomic mass is 9.77. The Kier molecular flexibility index (Phi) is 3.56. The molecule has 1 saturated carbocycles. The second kappa shape index (κ2) is 5.36. The normalized spacial score (nSPS) is 24.9. The monoisotopic (exact) mass is 275 g/mol. The Morgan fingerprint density at radius 3 is 2.75 bits per heavy atom. The number of aromatic nitrogens is 2. The third-order valence-electron chi connectivity index (χ3n) is 4.29. The van der Waals surface area contributed by atoms with E-state index in [2.05, 4.69) is 20.2 Å². The molecule has 1 aliphatic carbocycles. The number of piperidine rings is 1. The van der Waals surface area contributed by atoms with Crippen molar-refractivity contribution in [1.82, 2.24) is 15.3 Å². The number of anilines is 1. The van der Waals surface area contributed by atoms with Crippen LogP contribution in [0.2, 0.25) is 0 Å². The Bertz CT molecular complexity index is 474. The van der Waals surface area contributed by atoms with Crippen LogP contribution in [0.3, 0.4) is 0 Å². The van der Waals surface area contributed by atoms with Gasteiger partial charge in [0.2, 0.25) is 11.9 Å². The molecule has 0 radical (unpaired) electrons. The highest BCUT2D eigenvalue weighted by Gasteiger charge is 2.41. The van der Waals surface area contributed by atoms with Crippen molar-refractivity contribution in [2.24, 2.45) is 5.73 Å². The first kappa shape index (κ1) is 13.3. The molecule has 1 atom stereocenters. The average Bonchev–Trinajstić information content (AvgIpc) is 2.46. The van der Waals surface area contributed by atoms with Gasteiger partial charge in [0.25, 0.3) is 0 Å². The Hall–Kier alpha value is -1.69.